The van der Waals surface area contributed by atoms with Crippen LogP contribution in [0.15, 0.2) is 12.4 Å². The third-order valence-electron chi connectivity index (χ3n) is 5.72. The molecule has 26 heavy (non-hydrogen) atoms. The molecule has 2 nitrogen and oxygen atoms in total. The molecule has 0 saturated heterocycles. The maximum Gasteiger partial charge on any atom is 0.256 e. The molecule has 0 aliphatic rings. The van der Waals surface area contributed by atoms with Crippen LogP contribution in [0.1, 0.15) is 122 Å². The fourth-order valence-electron chi connectivity index (χ4n) is 3.91. The molecule has 0 fully saturated rings. The Morgan fingerprint density at radius 3 is 1.65 bits per heavy atom. The summed E-state index contributed by atoms with van der Waals surface area (Å²) in [4.78, 5) is 0. The normalized spacial score (nSPS) is 11.3. The highest BCUT2D eigenvalue weighted by atomic mass is 15.1. The summed E-state index contributed by atoms with van der Waals surface area (Å²) in [5.41, 5.74) is 0. The summed E-state index contributed by atoms with van der Waals surface area (Å²) in [6.07, 6.45) is 28.3. The Kier molecular flexibility index (Phi) is 14.7. The average Bonchev–Trinajstić information content (AvgIpc) is 2.99. The highest BCUT2D eigenvalue weighted by Gasteiger charge is 2.13. The standard InChI is InChI=1S/C24H47N2/c1-4-6-8-10-12-13-15-17-19-21-26-23-22-25(3)24(26)20-18-16-14-11-9-7-5-2/h22-23H,4-21H2,1-3H3/q+1. The largest absolute Gasteiger partial charge is 0.256 e. The van der Waals surface area contributed by atoms with Crippen molar-refractivity contribution in [2.24, 2.45) is 7.05 Å². The van der Waals surface area contributed by atoms with Crippen molar-refractivity contribution in [3.63, 3.8) is 0 Å². The monoisotopic (exact) mass is 363 g/mol. The van der Waals surface area contributed by atoms with E-state index in [1.54, 1.807) is 0 Å². The molecule has 0 saturated carbocycles. The zero-order valence-electron chi connectivity index (χ0n) is 18.3. The SMILES string of the molecule is CCCCCCCCCCC[n+]1ccn(C)c1CCCCCCCCC. The second-order valence-electron chi connectivity index (χ2n) is 8.22. The van der Waals surface area contributed by atoms with Gasteiger partial charge in [-0.15, -0.1) is 0 Å². The minimum absolute atomic E-state index is 1.21. The number of aryl methyl sites for hydroxylation is 2. The third kappa shape index (κ3) is 11.0. The van der Waals surface area contributed by atoms with E-state index in [1.807, 2.05) is 0 Å². The van der Waals surface area contributed by atoms with Crippen LogP contribution in [0.3, 0.4) is 0 Å². The van der Waals surface area contributed by atoms with E-state index in [1.165, 1.54) is 122 Å². The predicted molar refractivity (Wildman–Crippen MR) is 115 cm³/mol. The van der Waals surface area contributed by atoms with E-state index in [0.29, 0.717) is 0 Å². The molecular formula is C24H47N2+. The lowest BCUT2D eigenvalue weighted by Crippen LogP contribution is -2.37. The van der Waals surface area contributed by atoms with Gasteiger partial charge in [0, 0.05) is 6.42 Å². The number of nitrogens with zero attached hydrogens (tertiary/aromatic N) is 2. The Morgan fingerprint density at radius 2 is 1.12 bits per heavy atom. The van der Waals surface area contributed by atoms with E-state index >= 15 is 0 Å². The van der Waals surface area contributed by atoms with Gasteiger partial charge in [-0.3, -0.25) is 0 Å². The summed E-state index contributed by atoms with van der Waals surface area (Å²) < 4.78 is 4.85. The van der Waals surface area contributed by atoms with E-state index in [0.717, 1.165) is 0 Å². The molecule has 1 rings (SSSR count). The highest BCUT2D eigenvalue weighted by Crippen LogP contribution is 2.11. The summed E-state index contributed by atoms with van der Waals surface area (Å²) in [7, 11) is 2.21. The van der Waals surface area contributed by atoms with Crippen molar-refractivity contribution < 1.29 is 4.57 Å². The lowest BCUT2D eigenvalue weighted by Gasteiger charge is -2.05. The molecule has 0 N–H and O–H groups in total. The Hall–Kier alpha value is -0.790. The number of aromatic nitrogens is 2. The summed E-state index contributed by atoms with van der Waals surface area (Å²) in [6, 6.07) is 0. The molecular weight excluding hydrogens is 316 g/mol. The second kappa shape index (κ2) is 16.4. The average molecular weight is 364 g/mol. The van der Waals surface area contributed by atoms with Gasteiger partial charge >= 0.3 is 0 Å². The van der Waals surface area contributed by atoms with E-state index < -0.39 is 0 Å². The van der Waals surface area contributed by atoms with Crippen LogP contribution in [0.2, 0.25) is 0 Å². The number of hydrogen-bond donors (Lipinski definition) is 0. The van der Waals surface area contributed by atoms with Crippen LogP contribution in [-0.4, -0.2) is 4.57 Å². The predicted octanol–water partition coefficient (Wildman–Crippen LogP) is 7.14. The Morgan fingerprint density at radius 1 is 0.654 bits per heavy atom. The van der Waals surface area contributed by atoms with E-state index in [2.05, 4.69) is 42.4 Å². The fourth-order valence-corrected chi connectivity index (χ4v) is 3.91. The van der Waals surface area contributed by atoms with Gasteiger partial charge in [-0.25, -0.2) is 9.13 Å². The number of rotatable bonds is 18. The molecule has 0 spiro atoms. The quantitative estimate of drug-likeness (QED) is 0.194. The van der Waals surface area contributed by atoms with Gasteiger partial charge in [0.05, 0.1) is 13.6 Å². The molecule has 0 aliphatic carbocycles. The molecule has 152 valence electrons. The Bertz CT molecular complexity index is 422. The van der Waals surface area contributed by atoms with Gasteiger partial charge in [0.2, 0.25) is 0 Å². The zero-order valence-corrected chi connectivity index (χ0v) is 18.3. The van der Waals surface area contributed by atoms with Gasteiger partial charge in [0.1, 0.15) is 12.4 Å². The van der Waals surface area contributed by atoms with Crippen molar-refractivity contribution in [1.82, 2.24) is 4.57 Å². The van der Waals surface area contributed by atoms with E-state index in [9.17, 15) is 0 Å². The molecule has 2 heteroatoms. The first-order valence-corrected chi connectivity index (χ1v) is 11.8. The maximum absolute atomic E-state index is 2.51. The summed E-state index contributed by atoms with van der Waals surface area (Å²) in [5, 5.41) is 0. The van der Waals surface area contributed by atoms with Crippen LogP contribution in [0.5, 0.6) is 0 Å². The smallest absolute Gasteiger partial charge is 0.237 e. The lowest BCUT2D eigenvalue weighted by atomic mass is 10.1. The summed E-state index contributed by atoms with van der Waals surface area (Å²) in [5.74, 6) is 1.53. The van der Waals surface area contributed by atoms with Crippen LogP contribution in [0.25, 0.3) is 0 Å². The molecule has 0 bridgehead atoms. The topological polar surface area (TPSA) is 8.81 Å². The van der Waals surface area contributed by atoms with Crippen molar-refractivity contribution in [3.8, 4) is 0 Å². The molecule has 0 radical (unpaired) electrons. The molecule has 0 aromatic carbocycles. The summed E-state index contributed by atoms with van der Waals surface area (Å²) >= 11 is 0. The zero-order chi connectivity index (χ0) is 18.9. The molecule has 0 unspecified atom stereocenters. The highest BCUT2D eigenvalue weighted by molar-refractivity contribution is 4.82. The van der Waals surface area contributed by atoms with Gasteiger partial charge in [-0.1, -0.05) is 97.3 Å². The van der Waals surface area contributed by atoms with Gasteiger partial charge in [0.25, 0.3) is 5.82 Å². The number of unbranched alkanes of at least 4 members (excludes halogenated alkanes) is 14. The van der Waals surface area contributed by atoms with Crippen LogP contribution in [0.4, 0.5) is 0 Å². The van der Waals surface area contributed by atoms with Crippen LogP contribution in [-0.2, 0) is 20.0 Å². The minimum Gasteiger partial charge on any atom is -0.237 e. The van der Waals surface area contributed by atoms with Gasteiger partial charge < -0.3 is 0 Å². The Balaban J connectivity index is 2.10. The number of imidazole rings is 1. The molecule has 1 heterocycles. The van der Waals surface area contributed by atoms with Crippen molar-refractivity contribution in [3.05, 3.63) is 18.2 Å². The molecule has 1 aromatic rings. The molecule has 0 aliphatic heterocycles. The first-order chi connectivity index (χ1) is 12.8. The molecule has 0 atom stereocenters. The lowest BCUT2D eigenvalue weighted by molar-refractivity contribution is -0.704. The fraction of sp³-hybridized carbons (Fsp3) is 0.875. The van der Waals surface area contributed by atoms with Crippen molar-refractivity contribution >= 4 is 0 Å². The molecule has 1 aromatic heterocycles. The van der Waals surface area contributed by atoms with E-state index in [-0.39, 0.29) is 0 Å². The molecule has 0 amide bonds. The van der Waals surface area contributed by atoms with Gasteiger partial charge in [0.15, 0.2) is 0 Å². The van der Waals surface area contributed by atoms with Gasteiger partial charge in [-0.05, 0) is 19.3 Å². The second-order valence-corrected chi connectivity index (χ2v) is 8.22. The van der Waals surface area contributed by atoms with Crippen LogP contribution < -0.4 is 4.57 Å². The third-order valence-corrected chi connectivity index (χ3v) is 5.72. The van der Waals surface area contributed by atoms with Crippen LogP contribution in [0, 0.1) is 0 Å². The Labute approximate surface area is 164 Å². The first kappa shape index (κ1) is 23.2. The van der Waals surface area contributed by atoms with Crippen molar-refractivity contribution in [2.45, 2.75) is 130 Å². The van der Waals surface area contributed by atoms with Crippen LogP contribution >= 0.6 is 0 Å². The van der Waals surface area contributed by atoms with E-state index in [4.69, 9.17) is 0 Å². The minimum atomic E-state index is 1.21. The number of hydrogen-bond acceptors (Lipinski definition) is 0. The first-order valence-electron chi connectivity index (χ1n) is 11.8. The maximum atomic E-state index is 2.51. The van der Waals surface area contributed by atoms with Crippen molar-refractivity contribution in [2.75, 3.05) is 0 Å². The van der Waals surface area contributed by atoms with Gasteiger partial charge in [-0.2, -0.15) is 0 Å². The van der Waals surface area contributed by atoms with Crippen molar-refractivity contribution in [1.29, 1.82) is 0 Å². The summed E-state index contributed by atoms with van der Waals surface area (Å²) in [6.45, 7) is 5.80.